The van der Waals surface area contributed by atoms with Crippen LogP contribution in [0.4, 0.5) is 10.1 Å². The molecular formula is C18H18ClFN2O. The van der Waals surface area contributed by atoms with Gasteiger partial charge in [0.1, 0.15) is 5.82 Å². The van der Waals surface area contributed by atoms with Crippen LogP contribution in [0.5, 0.6) is 0 Å². The van der Waals surface area contributed by atoms with Gasteiger partial charge in [-0.15, -0.1) is 0 Å². The van der Waals surface area contributed by atoms with Crippen LogP contribution >= 0.6 is 11.6 Å². The number of hydrogen-bond acceptors (Lipinski definition) is 2. The first-order chi connectivity index (χ1) is 11.0. The molecule has 1 heterocycles. The first-order valence-electron chi connectivity index (χ1n) is 7.61. The van der Waals surface area contributed by atoms with Crippen molar-refractivity contribution < 1.29 is 9.18 Å². The van der Waals surface area contributed by atoms with E-state index in [4.69, 9.17) is 11.6 Å². The zero-order chi connectivity index (χ0) is 16.4. The molecule has 120 valence electrons. The Kier molecular flexibility index (Phi) is 4.64. The van der Waals surface area contributed by atoms with E-state index in [-0.39, 0.29) is 17.0 Å². The average molecular weight is 333 g/mol. The van der Waals surface area contributed by atoms with Crippen molar-refractivity contribution in [2.24, 2.45) is 0 Å². The molecule has 1 aliphatic rings. The van der Waals surface area contributed by atoms with Gasteiger partial charge < -0.3 is 5.32 Å². The van der Waals surface area contributed by atoms with Crippen molar-refractivity contribution in [3.63, 3.8) is 0 Å². The highest BCUT2D eigenvalue weighted by molar-refractivity contribution is 6.33. The molecule has 5 heteroatoms. The molecule has 0 aliphatic carbocycles. The monoisotopic (exact) mass is 332 g/mol. The van der Waals surface area contributed by atoms with E-state index in [9.17, 15) is 9.18 Å². The quantitative estimate of drug-likeness (QED) is 0.925. The minimum atomic E-state index is -0.423. The Balaban J connectivity index is 1.68. The number of carbonyl (C=O) groups excluding carboxylic acids is 1. The van der Waals surface area contributed by atoms with Gasteiger partial charge >= 0.3 is 0 Å². The molecule has 0 saturated heterocycles. The fourth-order valence-electron chi connectivity index (χ4n) is 2.84. The molecule has 1 N–H and O–H groups in total. The molecule has 1 atom stereocenters. The zero-order valence-electron chi connectivity index (χ0n) is 12.9. The minimum absolute atomic E-state index is 0.141. The third-order valence-electron chi connectivity index (χ3n) is 4.28. The van der Waals surface area contributed by atoms with Crippen LogP contribution in [0.15, 0.2) is 42.5 Å². The van der Waals surface area contributed by atoms with Gasteiger partial charge in [-0.05, 0) is 42.7 Å². The molecule has 2 aromatic carbocycles. The number of amides is 1. The van der Waals surface area contributed by atoms with E-state index in [1.165, 1.54) is 29.3 Å². The van der Waals surface area contributed by atoms with Crippen LogP contribution < -0.4 is 5.32 Å². The number of hydrogen-bond donors (Lipinski definition) is 1. The smallest absolute Gasteiger partial charge is 0.241 e. The van der Waals surface area contributed by atoms with Crippen LogP contribution in [0.1, 0.15) is 18.1 Å². The maximum atomic E-state index is 13.1. The van der Waals surface area contributed by atoms with Crippen LogP contribution in [0.25, 0.3) is 0 Å². The van der Waals surface area contributed by atoms with Crippen molar-refractivity contribution in [2.75, 3.05) is 11.9 Å². The van der Waals surface area contributed by atoms with E-state index in [0.717, 1.165) is 19.5 Å². The number of carbonyl (C=O) groups is 1. The molecule has 0 saturated carbocycles. The Hall–Kier alpha value is -1.91. The second-order valence-corrected chi connectivity index (χ2v) is 6.19. The van der Waals surface area contributed by atoms with Crippen molar-refractivity contribution >= 4 is 23.2 Å². The van der Waals surface area contributed by atoms with Crippen molar-refractivity contribution in [2.45, 2.75) is 25.9 Å². The molecule has 3 nitrogen and oxygen atoms in total. The third-order valence-corrected chi connectivity index (χ3v) is 4.59. The third kappa shape index (κ3) is 3.54. The first-order valence-corrected chi connectivity index (χ1v) is 7.99. The van der Waals surface area contributed by atoms with Gasteiger partial charge in [-0.25, -0.2) is 4.39 Å². The lowest BCUT2D eigenvalue weighted by Crippen LogP contribution is -2.44. The molecule has 0 radical (unpaired) electrons. The molecule has 3 rings (SSSR count). The lowest BCUT2D eigenvalue weighted by Gasteiger charge is -2.32. The number of halogens is 2. The lowest BCUT2D eigenvalue weighted by atomic mass is 9.99. The number of fused-ring (bicyclic) bond motifs is 1. The van der Waals surface area contributed by atoms with E-state index in [1.807, 2.05) is 19.1 Å². The van der Waals surface area contributed by atoms with Crippen LogP contribution in [0.3, 0.4) is 0 Å². The summed E-state index contributed by atoms with van der Waals surface area (Å²) in [6, 6.07) is 12.0. The largest absolute Gasteiger partial charge is 0.323 e. The summed E-state index contributed by atoms with van der Waals surface area (Å²) in [5.74, 6) is -0.563. The predicted molar refractivity (Wildman–Crippen MR) is 90.1 cm³/mol. The van der Waals surface area contributed by atoms with Gasteiger partial charge in [0.25, 0.3) is 0 Å². The van der Waals surface area contributed by atoms with Crippen LogP contribution in [0.2, 0.25) is 5.02 Å². The van der Waals surface area contributed by atoms with E-state index in [0.29, 0.717) is 5.69 Å². The van der Waals surface area contributed by atoms with Crippen LogP contribution in [0, 0.1) is 5.82 Å². The molecule has 0 unspecified atom stereocenters. The summed E-state index contributed by atoms with van der Waals surface area (Å²) < 4.78 is 13.1. The second kappa shape index (κ2) is 6.69. The van der Waals surface area contributed by atoms with Gasteiger partial charge in [-0.1, -0.05) is 35.9 Å². The number of nitrogens with one attached hydrogen (secondary N) is 1. The average Bonchev–Trinajstić information content (AvgIpc) is 2.56. The minimum Gasteiger partial charge on any atom is -0.323 e. The molecule has 1 amide bonds. The van der Waals surface area contributed by atoms with Gasteiger partial charge in [0.15, 0.2) is 0 Å². The van der Waals surface area contributed by atoms with Crippen molar-refractivity contribution in [1.82, 2.24) is 4.90 Å². The maximum absolute atomic E-state index is 13.1. The van der Waals surface area contributed by atoms with Gasteiger partial charge in [0.05, 0.1) is 16.8 Å². The molecular weight excluding hydrogens is 315 g/mol. The number of rotatable bonds is 3. The molecule has 1 aliphatic heterocycles. The summed E-state index contributed by atoms with van der Waals surface area (Å²) in [7, 11) is 0. The molecule has 23 heavy (non-hydrogen) atoms. The van der Waals surface area contributed by atoms with E-state index in [1.54, 1.807) is 0 Å². The summed E-state index contributed by atoms with van der Waals surface area (Å²) in [5, 5.41) is 2.98. The predicted octanol–water partition coefficient (Wildman–Crippen LogP) is 3.86. The highest BCUT2D eigenvalue weighted by atomic mass is 35.5. The highest BCUT2D eigenvalue weighted by Gasteiger charge is 2.25. The summed E-state index contributed by atoms with van der Waals surface area (Å²) in [5.41, 5.74) is 3.04. The Morgan fingerprint density at radius 2 is 2.00 bits per heavy atom. The SMILES string of the molecule is C[C@@H](C(=O)Nc1ccc(F)cc1Cl)N1CCc2ccccc2C1. The number of nitrogens with zero attached hydrogens (tertiary/aromatic N) is 1. The molecule has 0 bridgehead atoms. The van der Waals surface area contributed by atoms with Crippen LogP contribution in [-0.4, -0.2) is 23.4 Å². The molecule has 0 aromatic heterocycles. The Morgan fingerprint density at radius 1 is 1.26 bits per heavy atom. The summed E-state index contributed by atoms with van der Waals surface area (Å²) >= 11 is 5.96. The fraction of sp³-hybridized carbons (Fsp3) is 0.278. The Labute approximate surface area is 140 Å². The first kappa shape index (κ1) is 16.0. The van der Waals surface area contributed by atoms with Crippen molar-refractivity contribution in [3.05, 3.63) is 64.4 Å². The van der Waals surface area contributed by atoms with Gasteiger partial charge in [0.2, 0.25) is 5.91 Å². The van der Waals surface area contributed by atoms with E-state index in [2.05, 4.69) is 22.3 Å². The second-order valence-electron chi connectivity index (χ2n) is 5.78. The molecule has 0 fully saturated rings. The lowest BCUT2D eigenvalue weighted by molar-refractivity contribution is -0.121. The summed E-state index contributed by atoms with van der Waals surface area (Å²) in [4.78, 5) is 14.6. The zero-order valence-corrected chi connectivity index (χ0v) is 13.6. The number of benzene rings is 2. The summed E-state index contributed by atoms with van der Waals surface area (Å²) in [6.07, 6.45) is 0.936. The van der Waals surface area contributed by atoms with E-state index >= 15 is 0 Å². The van der Waals surface area contributed by atoms with Gasteiger partial charge in [-0.2, -0.15) is 0 Å². The Bertz CT molecular complexity index is 735. The van der Waals surface area contributed by atoms with Gasteiger partial charge in [-0.3, -0.25) is 9.69 Å². The summed E-state index contributed by atoms with van der Waals surface area (Å²) in [6.45, 7) is 3.46. The molecule has 2 aromatic rings. The van der Waals surface area contributed by atoms with Crippen LogP contribution in [-0.2, 0) is 17.8 Å². The number of anilines is 1. The van der Waals surface area contributed by atoms with E-state index < -0.39 is 5.82 Å². The Morgan fingerprint density at radius 3 is 2.74 bits per heavy atom. The molecule has 0 spiro atoms. The maximum Gasteiger partial charge on any atom is 0.241 e. The highest BCUT2D eigenvalue weighted by Crippen LogP contribution is 2.24. The standard InChI is InChI=1S/C18H18ClFN2O/c1-12(18(23)21-17-7-6-15(20)10-16(17)19)22-9-8-13-4-2-3-5-14(13)11-22/h2-7,10,12H,8-9,11H2,1H3,(H,21,23)/t12-/m0/s1. The normalized spacial score (nSPS) is 15.8. The van der Waals surface area contributed by atoms with Crippen molar-refractivity contribution in [1.29, 1.82) is 0 Å². The topological polar surface area (TPSA) is 32.3 Å². The van der Waals surface area contributed by atoms with Crippen molar-refractivity contribution in [3.8, 4) is 0 Å². The van der Waals surface area contributed by atoms with Gasteiger partial charge in [0, 0.05) is 13.1 Å². The fourth-order valence-corrected chi connectivity index (χ4v) is 3.06.